The lowest BCUT2D eigenvalue weighted by Crippen LogP contribution is -2.14. The van der Waals surface area contributed by atoms with Crippen LogP contribution in [-0.2, 0) is 10.8 Å². The van der Waals surface area contributed by atoms with Crippen molar-refractivity contribution in [2.75, 3.05) is 0 Å². The van der Waals surface area contributed by atoms with Crippen LogP contribution in [0.1, 0.15) is 51.3 Å². The molecule has 0 nitrogen and oxygen atoms in total. The van der Waals surface area contributed by atoms with Crippen LogP contribution in [0.2, 0.25) is 0 Å². The average molecular weight is 677 g/mol. The van der Waals surface area contributed by atoms with Crippen LogP contribution in [0.15, 0.2) is 152 Å². The summed E-state index contributed by atoms with van der Waals surface area (Å²) in [6.07, 6.45) is 0. The van der Waals surface area contributed by atoms with E-state index in [1.54, 1.807) is 0 Å². The van der Waals surface area contributed by atoms with Gasteiger partial charge in [-0.1, -0.05) is 168 Å². The van der Waals surface area contributed by atoms with Crippen LogP contribution in [0, 0.1) is 0 Å². The quantitative estimate of drug-likeness (QED) is 0.163. The Balaban J connectivity index is 1.03. The number of benzene rings is 10. The summed E-state index contributed by atoms with van der Waals surface area (Å²) in [5.41, 5.74) is 11.8. The molecule has 11 rings (SSSR count). The van der Waals surface area contributed by atoms with E-state index in [0.29, 0.717) is 0 Å². The maximum Gasteiger partial charge on any atom is 0.0159 e. The highest BCUT2D eigenvalue weighted by Gasteiger charge is 2.34. The largest absolute Gasteiger partial charge is 0.0613 e. The van der Waals surface area contributed by atoms with Crippen molar-refractivity contribution >= 4 is 64.6 Å². The summed E-state index contributed by atoms with van der Waals surface area (Å²) in [6.45, 7) is 11.7. The molecular formula is C53H40. The Morgan fingerprint density at radius 1 is 0.358 bits per heavy atom. The van der Waals surface area contributed by atoms with Gasteiger partial charge in [0.2, 0.25) is 0 Å². The van der Waals surface area contributed by atoms with Gasteiger partial charge in [0.05, 0.1) is 0 Å². The van der Waals surface area contributed by atoms with Crippen LogP contribution < -0.4 is 0 Å². The van der Waals surface area contributed by atoms with E-state index in [0.717, 1.165) is 0 Å². The second kappa shape index (κ2) is 10.6. The maximum absolute atomic E-state index is 2.43. The van der Waals surface area contributed by atoms with Crippen LogP contribution in [0.4, 0.5) is 0 Å². The maximum atomic E-state index is 2.43. The fraction of sp³-hybridized carbons (Fsp3) is 0.132. The summed E-state index contributed by atoms with van der Waals surface area (Å²) >= 11 is 0. The van der Waals surface area contributed by atoms with E-state index in [-0.39, 0.29) is 10.8 Å². The lowest BCUT2D eigenvalue weighted by atomic mass is 9.82. The molecule has 0 amide bonds. The summed E-state index contributed by atoms with van der Waals surface area (Å²) < 4.78 is 0. The third-order valence-electron chi connectivity index (χ3n) is 12.5. The highest BCUT2D eigenvalue weighted by molar-refractivity contribution is 6.29. The molecule has 1 aliphatic carbocycles. The first-order chi connectivity index (χ1) is 25.6. The second-order valence-electron chi connectivity index (χ2n) is 16.9. The van der Waals surface area contributed by atoms with E-state index >= 15 is 0 Å². The Morgan fingerprint density at radius 2 is 0.868 bits per heavy atom. The second-order valence-corrected chi connectivity index (χ2v) is 16.9. The molecule has 0 atom stereocenters. The average Bonchev–Trinajstić information content (AvgIpc) is 3.42. The highest BCUT2D eigenvalue weighted by atomic mass is 14.4. The molecule has 0 aromatic heterocycles. The normalized spacial score (nSPS) is 13.9. The Bertz CT molecular complexity index is 3150. The minimum absolute atomic E-state index is 0.00181. The Kier molecular flexibility index (Phi) is 6.10. The lowest BCUT2D eigenvalue weighted by molar-refractivity contribution is 0.591. The predicted molar refractivity (Wildman–Crippen MR) is 230 cm³/mol. The Morgan fingerprint density at radius 3 is 1.53 bits per heavy atom. The van der Waals surface area contributed by atoms with Crippen LogP contribution in [-0.4, -0.2) is 0 Å². The Labute approximate surface area is 310 Å². The molecule has 0 N–H and O–H groups in total. The molecule has 0 saturated heterocycles. The van der Waals surface area contributed by atoms with Gasteiger partial charge in [-0.05, 0) is 138 Å². The lowest BCUT2D eigenvalue weighted by Gasteiger charge is -2.22. The number of fused-ring (bicyclic) bond motifs is 3. The van der Waals surface area contributed by atoms with Gasteiger partial charge in [0.1, 0.15) is 0 Å². The number of hydrogen-bond donors (Lipinski definition) is 0. The van der Waals surface area contributed by atoms with Crippen LogP contribution in [0.3, 0.4) is 0 Å². The molecule has 0 unspecified atom stereocenters. The fourth-order valence-electron chi connectivity index (χ4n) is 9.71. The molecule has 0 bridgehead atoms. The predicted octanol–water partition coefficient (Wildman–Crippen LogP) is 15.0. The van der Waals surface area contributed by atoms with Crippen molar-refractivity contribution in [1.29, 1.82) is 0 Å². The minimum Gasteiger partial charge on any atom is -0.0613 e. The monoisotopic (exact) mass is 676 g/mol. The molecule has 1 aliphatic rings. The van der Waals surface area contributed by atoms with Gasteiger partial charge in [0, 0.05) is 5.41 Å². The zero-order valence-electron chi connectivity index (χ0n) is 30.9. The van der Waals surface area contributed by atoms with Crippen molar-refractivity contribution in [2.45, 2.75) is 45.4 Å². The first kappa shape index (κ1) is 30.6. The van der Waals surface area contributed by atoms with E-state index in [1.807, 2.05) is 0 Å². The van der Waals surface area contributed by atoms with E-state index in [2.05, 4.69) is 186 Å². The van der Waals surface area contributed by atoms with Crippen molar-refractivity contribution in [3.63, 3.8) is 0 Å². The van der Waals surface area contributed by atoms with Gasteiger partial charge in [-0.15, -0.1) is 0 Å². The van der Waals surface area contributed by atoms with E-state index in [1.165, 1.54) is 115 Å². The van der Waals surface area contributed by atoms with Crippen molar-refractivity contribution in [1.82, 2.24) is 0 Å². The number of rotatable bonds is 3. The zero-order valence-corrected chi connectivity index (χ0v) is 30.9. The van der Waals surface area contributed by atoms with Gasteiger partial charge in [0.15, 0.2) is 0 Å². The van der Waals surface area contributed by atoms with E-state index < -0.39 is 0 Å². The van der Waals surface area contributed by atoms with Gasteiger partial charge < -0.3 is 0 Å². The third kappa shape index (κ3) is 4.30. The minimum atomic E-state index is -0.00181. The van der Waals surface area contributed by atoms with Crippen molar-refractivity contribution < 1.29 is 0 Å². The molecule has 0 spiro atoms. The first-order valence-electron chi connectivity index (χ1n) is 19.0. The summed E-state index contributed by atoms with van der Waals surface area (Å²) in [6, 6.07) is 57.8. The van der Waals surface area contributed by atoms with E-state index in [9.17, 15) is 0 Å². The smallest absolute Gasteiger partial charge is 0.0159 e. The van der Waals surface area contributed by atoms with E-state index in [4.69, 9.17) is 0 Å². The standard InChI is InChI=1S/C53H40/c1-52(2,3)39-28-37-19-18-31-20-23-40(44-25-22-38(29-39)48(37)49(31)44)36-13-7-12-34(27-36)32-10-6-11-33(26-32)35-21-24-41-42-14-8-16-46-50(42)51-43(45(41)30-35)15-9-17-47(51)53(46,4)5/h6-30H,1-5H3. The zero-order chi connectivity index (χ0) is 35.8. The molecular weight excluding hydrogens is 637 g/mol. The van der Waals surface area contributed by atoms with Crippen molar-refractivity contribution in [3.05, 3.63) is 168 Å². The van der Waals surface area contributed by atoms with Gasteiger partial charge in [-0.25, -0.2) is 0 Å². The molecule has 0 aliphatic heterocycles. The van der Waals surface area contributed by atoms with Gasteiger partial charge in [0.25, 0.3) is 0 Å². The van der Waals surface area contributed by atoms with Crippen LogP contribution >= 0.6 is 0 Å². The molecule has 0 fully saturated rings. The summed E-state index contributed by atoms with van der Waals surface area (Å²) in [5.74, 6) is 0. The van der Waals surface area contributed by atoms with Gasteiger partial charge in [-0.2, -0.15) is 0 Å². The topological polar surface area (TPSA) is 0 Å². The molecule has 0 heterocycles. The van der Waals surface area contributed by atoms with Crippen molar-refractivity contribution in [3.8, 4) is 33.4 Å². The molecule has 10 aromatic rings. The molecule has 0 saturated carbocycles. The molecule has 53 heavy (non-hydrogen) atoms. The summed E-state index contributed by atoms with van der Waals surface area (Å²) in [7, 11) is 0. The van der Waals surface area contributed by atoms with Crippen LogP contribution in [0.5, 0.6) is 0 Å². The molecule has 0 radical (unpaired) electrons. The SMILES string of the molecule is CC(C)(C)c1cc2ccc3ccc(-c4cccc(-c5cccc(-c6ccc7c(c6)c6cccc8c6c6c(cccc76)C8(C)C)c5)c4)c4ccc(c1)c2c34. The first-order valence-corrected chi connectivity index (χ1v) is 19.0. The molecule has 0 heteroatoms. The number of hydrogen-bond acceptors (Lipinski definition) is 0. The Hall–Kier alpha value is -5.98. The summed E-state index contributed by atoms with van der Waals surface area (Å²) in [5, 5.41) is 16.2. The summed E-state index contributed by atoms with van der Waals surface area (Å²) in [4.78, 5) is 0. The molecule has 10 aromatic carbocycles. The highest BCUT2D eigenvalue weighted by Crippen LogP contribution is 2.51. The van der Waals surface area contributed by atoms with Crippen LogP contribution in [0.25, 0.3) is 98.0 Å². The van der Waals surface area contributed by atoms with Gasteiger partial charge >= 0.3 is 0 Å². The fourth-order valence-corrected chi connectivity index (χ4v) is 9.71. The molecule has 252 valence electrons. The van der Waals surface area contributed by atoms with Crippen molar-refractivity contribution in [2.24, 2.45) is 0 Å². The third-order valence-corrected chi connectivity index (χ3v) is 12.5. The van der Waals surface area contributed by atoms with Gasteiger partial charge in [-0.3, -0.25) is 0 Å².